The zero-order valence-corrected chi connectivity index (χ0v) is 21.0. The lowest BCUT2D eigenvalue weighted by atomic mass is 9.78. The van der Waals surface area contributed by atoms with Crippen molar-refractivity contribution >= 4 is 29.1 Å². The molecule has 0 aromatic heterocycles. The number of nitrogens with zero attached hydrogens (tertiary/aromatic N) is 1. The number of fused-ring (bicyclic) bond motifs is 2. The molecule has 3 aromatic carbocycles. The van der Waals surface area contributed by atoms with E-state index in [1.807, 2.05) is 18.2 Å². The highest BCUT2D eigenvalue weighted by atomic mass is 35.5. The molecule has 2 heterocycles. The summed E-state index contributed by atoms with van der Waals surface area (Å²) in [6.07, 6.45) is 0. The van der Waals surface area contributed by atoms with Crippen LogP contribution in [0, 0.1) is 0 Å². The molecular formula is C28H27ClN2O5. The highest BCUT2D eigenvalue weighted by Gasteiger charge is 2.45. The van der Waals surface area contributed by atoms with Gasteiger partial charge in [0.2, 0.25) is 0 Å². The third kappa shape index (κ3) is 4.08. The van der Waals surface area contributed by atoms with E-state index >= 15 is 0 Å². The fourth-order valence-corrected chi connectivity index (χ4v) is 5.48. The van der Waals surface area contributed by atoms with Crippen molar-refractivity contribution in [1.29, 1.82) is 0 Å². The quantitative estimate of drug-likeness (QED) is 0.367. The van der Waals surface area contributed by atoms with Gasteiger partial charge < -0.3 is 9.47 Å². The fraction of sp³-hybridized carbons (Fsp3) is 0.286. The van der Waals surface area contributed by atoms with Crippen LogP contribution in [-0.4, -0.2) is 30.2 Å². The molecule has 2 atom stereocenters. The summed E-state index contributed by atoms with van der Waals surface area (Å²) in [5.74, 6) is -0.661. The number of amides is 2. The maximum atomic E-state index is 14.0. The molecule has 0 radical (unpaired) electrons. The van der Waals surface area contributed by atoms with E-state index in [0.29, 0.717) is 52.1 Å². The topological polar surface area (TPSA) is 88.1 Å². The predicted molar refractivity (Wildman–Crippen MR) is 136 cm³/mol. The van der Waals surface area contributed by atoms with Gasteiger partial charge in [0.1, 0.15) is 13.2 Å². The molecule has 8 heteroatoms. The number of benzene rings is 3. The Morgan fingerprint density at radius 2 is 1.75 bits per heavy atom. The van der Waals surface area contributed by atoms with Crippen LogP contribution in [0.1, 0.15) is 59.8 Å². The number of anilines is 1. The maximum Gasteiger partial charge on any atom is 0.259 e. The summed E-state index contributed by atoms with van der Waals surface area (Å²) in [6.45, 7) is 7.04. The van der Waals surface area contributed by atoms with Gasteiger partial charge in [0.05, 0.1) is 12.0 Å². The number of rotatable bonds is 3. The minimum Gasteiger partial charge on any atom is -0.486 e. The molecule has 36 heavy (non-hydrogen) atoms. The number of hydrogen-bond donors (Lipinski definition) is 2. The highest BCUT2D eigenvalue weighted by molar-refractivity contribution is 6.32. The van der Waals surface area contributed by atoms with Crippen molar-refractivity contribution in [2.24, 2.45) is 0 Å². The van der Waals surface area contributed by atoms with E-state index in [0.717, 1.165) is 5.56 Å². The zero-order valence-electron chi connectivity index (χ0n) is 20.2. The van der Waals surface area contributed by atoms with Gasteiger partial charge in [0, 0.05) is 16.3 Å². The van der Waals surface area contributed by atoms with E-state index in [1.165, 1.54) is 0 Å². The largest absolute Gasteiger partial charge is 0.486 e. The first kappa shape index (κ1) is 24.2. The van der Waals surface area contributed by atoms with Gasteiger partial charge in [-0.3, -0.25) is 19.7 Å². The van der Waals surface area contributed by atoms with Gasteiger partial charge in [-0.1, -0.05) is 62.7 Å². The van der Waals surface area contributed by atoms with Gasteiger partial charge in [-0.15, -0.1) is 0 Å². The van der Waals surface area contributed by atoms with Gasteiger partial charge >= 0.3 is 0 Å². The van der Waals surface area contributed by atoms with E-state index in [-0.39, 0.29) is 11.3 Å². The second kappa shape index (κ2) is 9.15. The van der Waals surface area contributed by atoms with Gasteiger partial charge in [-0.2, -0.15) is 0 Å². The van der Waals surface area contributed by atoms with Crippen molar-refractivity contribution in [2.75, 3.05) is 18.1 Å². The Morgan fingerprint density at radius 3 is 2.44 bits per heavy atom. The lowest BCUT2D eigenvalue weighted by Crippen LogP contribution is -2.47. The van der Waals surface area contributed by atoms with Crippen LogP contribution in [0.3, 0.4) is 0 Å². The summed E-state index contributed by atoms with van der Waals surface area (Å²) in [6, 6.07) is 17.1. The van der Waals surface area contributed by atoms with Crippen LogP contribution in [0.15, 0.2) is 60.7 Å². The number of hydroxylamine groups is 1. The molecule has 0 spiro atoms. The lowest BCUT2D eigenvalue weighted by molar-refractivity contribution is -0.131. The molecule has 0 bridgehead atoms. The van der Waals surface area contributed by atoms with Gasteiger partial charge in [0.25, 0.3) is 11.8 Å². The average molecular weight is 507 g/mol. The van der Waals surface area contributed by atoms with Crippen LogP contribution in [0.25, 0.3) is 0 Å². The second-order valence-electron chi connectivity index (χ2n) is 9.98. The smallest absolute Gasteiger partial charge is 0.259 e. The first-order chi connectivity index (χ1) is 17.2. The number of hydrogen-bond acceptors (Lipinski definition) is 5. The third-order valence-corrected chi connectivity index (χ3v) is 6.99. The molecule has 7 nitrogen and oxygen atoms in total. The first-order valence-corrected chi connectivity index (χ1v) is 12.1. The average Bonchev–Trinajstić information content (AvgIpc) is 2.87. The van der Waals surface area contributed by atoms with E-state index in [4.69, 9.17) is 21.1 Å². The number of carbonyl (C=O) groups is 2. The molecule has 5 rings (SSSR count). The molecule has 0 saturated heterocycles. The zero-order chi connectivity index (χ0) is 25.6. The number of carbonyl (C=O) groups excluding carboxylic acids is 2. The minimum absolute atomic E-state index is 0.192. The van der Waals surface area contributed by atoms with Crippen molar-refractivity contribution in [3.05, 3.63) is 87.9 Å². The molecule has 3 aromatic rings. The molecule has 2 aliphatic heterocycles. The van der Waals surface area contributed by atoms with Crippen molar-refractivity contribution < 1.29 is 24.3 Å². The fourth-order valence-electron chi connectivity index (χ4n) is 5.02. The second-order valence-corrected chi connectivity index (χ2v) is 10.4. The summed E-state index contributed by atoms with van der Waals surface area (Å²) in [7, 11) is 0. The minimum atomic E-state index is -0.896. The summed E-state index contributed by atoms with van der Waals surface area (Å²) in [5.41, 5.74) is 4.68. The van der Waals surface area contributed by atoms with Crippen molar-refractivity contribution in [2.45, 2.75) is 38.1 Å². The van der Waals surface area contributed by atoms with E-state index in [1.54, 1.807) is 52.8 Å². The Hall–Kier alpha value is -3.55. The molecule has 0 fully saturated rings. The van der Waals surface area contributed by atoms with E-state index in [9.17, 15) is 14.8 Å². The van der Waals surface area contributed by atoms with Gasteiger partial charge in [0.15, 0.2) is 11.5 Å². The lowest BCUT2D eigenvalue weighted by Gasteiger charge is -2.42. The van der Waals surface area contributed by atoms with Crippen LogP contribution in [-0.2, 0) is 10.2 Å². The van der Waals surface area contributed by atoms with Crippen LogP contribution < -0.4 is 19.9 Å². The molecule has 186 valence electrons. The predicted octanol–water partition coefficient (Wildman–Crippen LogP) is 5.40. The van der Waals surface area contributed by atoms with Crippen molar-refractivity contribution in [1.82, 2.24) is 5.48 Å². The third-order valence-electron chi connectivity index (χ3n) is 6.68. The highest BCUT2D eigenvalue weighted by Crippen LogP contribution is 2.47. The monoisotopic (exact) mass is 506 g/mol. The van der Waals surface area contributed by atoms with E-state index in [2.05, 4.69) is 20.8 Å². The normalized spacial score (nSPS) is 19.0. The summed E-state index contributed by atoms with van der Waals surface area (Å²) in [5, 5.41) is 10.2. The summed E-state index contributed by atoms with van der Waals surface area (Å²) >= 11 is 6.70. The van der Waals surface area contributed by atoms with Crippen LogP contribution in [0.5, 0.6) is 11.5 Å². The first-order valence-electron chi connectivity index (χ1n) is 11.8. The Balaban J connectivity index is 1.73. The summed E-state index contributed by atoms with van der Waals surface area (Å²) in [4.78, 5) is 28.7. The van der Waals surface area contributed by atoms with Crippen LogP contribution >= 0.6 is 11.6 Å². The Morgan fingerprint density at radius 1 is 1.03 bits per heavy atom. The molecule has 0 saturated carbocycles. The van der Waals surface area contributed by atoms with Crippen molar-refractivity contribution in [3.63, 3.8) is 0 Å². The van der Waals surface area contributed by atoms with Gasteiger partial charge in [-0.25, -0.2) is 5.48 Å². The molecule has 0 aliphatic carbocycles. The van der Waals surface area contributed by atoms with Crippen LogP contribution in [0.2, 0.25) is 5.02 Å². The SMILES string of the molecule is CC(C)(C)c1ccc(N2C(=O)c3ccccc3[C@H](C(=O)NO)[C@H]2c2ccc3c(c2)OCCO3)cc1Cl. The van der Waals surface area contributed by atoms with Crippen LogP contribution in [0.4, 0.5) is 5.69 Å². The molecule has 2 aliphatic rings. The van der Waals surface area contributed by atoms with Gasteiger partial charge in [-0.05, 0) is 52.4 Å². The number of ether oxygens (including phenoxy) is 2. The standard InChI is InChI=1S/C28H27ClN2O5/c1-28(2,3)20-10-9-17(15-21(20)29)31-25(16-8-11-22-23(14-16)36-13-12-35-22)24(26(32)30-34)18-6-4-5-7-19(18)27(31)33/h4-11,14-15,24-25,34H,12-13H2,1-3H3,(H,30,32)/t24-,25+/m0/s1. The molecule has 0 unspecified atom stereocenters. The molecule has 2 N–H and O–H groups in total. The maximum absolute atomic E-state index is 14.0. The summed E-state index contributed by atoms with van der Waals surface area (Å²) < 4.78 is 11.5. The van der Waals surface area contributed by atoms with E-state index < -0.39 is 17.9 Å². The van der Waals surface area contributed by atoms with Crippen molar-refractivity contribution in [3.8, 4) is 11.5 Å². The Labute approximate surface area is 214 Å². The number of nitrogens with one attached hydrogen (secondary N) is 1. The Bertz CT molecular complexity index is 1350. The molecule has 2 amide bonds. The molecular weight excluding hydrogens is 480 g/mol. The number of halogens is 1. The Kier molecular flexibility index (Phi) is 6.14.